The zero-order valence-corrected chi connectivity index (χ0v) is 37.0. The van der Waals surface area contributed by atoms with Gasteiger partial charge in [0.25, 0.3) is 0 Å². The van der Waals surface area contributed by atoms with Crippen LogP contribution < -0.4 is 4.90 Å². The lowest BCUT2D eigenvalue weighted by Crippen LogP contribution is -2.16. The molecule has 0 atom stereocenters. The molecule has 11 aromatic rings. The molecule has 66 heavy (non-hydrogen) atoms. The Morgan fingerprint density at radius 1 is 0.455 bits per heavy atom. The van der Waals surface area contributed by atoms with Gasteiger partial charge in [0, 0.05) is 44.0 Å². The van der Waals surface area contributed by atoms with Crippen LogP contribution in [0.15, 0.2) is 223 Å². The Morgan fingerprint density at radius 2 is 1.06 bits per heavy atom. The van der Waals surface area contributed by atoms with E-state index in [4.69, 9.17) is 4.42 Å². The van der Waals surface area contributed by atoms with Crippen molar-refractivity contribution in [3.05, 3.63) is 235 Å². The molecule has 13 rings (SSSR count). The van der Waals surface area contributed by atoms with Crippen LogP contribution in [0.2, 0.25) is 0 Å². The predicted molar refractivity (Wildman–Crippen MR) is 278 cm³/mol. The first kappa shape index (κ1) is 38.3. The molecule has 9 aromatic carbocycles. The van der Waals surface area contributed by atoms with Crippen molar-refractivity contribution in [3.63, 3.8) is 0 Å². The van der Waals surface area contributed by atoms with Crippen molar-refractivity contribution in [1.82, 2.24) is 4.57 Å². The Balaban J connectivity index is 0.885. The van der Waals surface area contributed by atoms with E-state index in [1.54, 1.807) is 0 Å². The maximum atomic E-state index is 6.57. The molecule has 0 fully saturated rings. The third-order valence-corrected chi connectivity index (χ3v) is 14.2. The topological polar surface area (TPSA) is 21.3 Å². The number of furan rings is 1. The van der Waals surface area contributed by atoms with Crippen LogP contribution in [0.1, 0.15) is 43.4 Å². The molecule has 0 spiro atoms. The number of benzene rings is 9. The molecule has 2 aliphatic rings. The summed E-state index contributed by atoms with van der Waals surface area (Å²) in [5, 5.41) is 4.71. The number of hydrogen-bond donors (Lipinski definition) is 0. The molecule has 0 bridgehead atoms. The minimum Gasteiger partial charge on any atom is -0.454 e. The molecule has 0 N–H and O–H groups in total. The first-order valence-corrected chi connectivity index (χ1v) is 23.1. The number of fused-ring (bicyclic) bond motifs is 9. The molecule has 314 valence electrons. The van der Waals surface area contributed by atoms with Gasteiger partial charge in [0.1, 0.15) is 5.58 Å². The van der Waals surface area contributed by atoms with Crippen LogP contribution >= 0.6 is 0 Å². The fraction of sp³-hybridized carbons (Fsp3) is 0.0794. The molecule has 0 unspecified atom stereocenters. The number of hydrogen-bond acceptors (Lipinski definition) is 2. The zero-order valence-electron chi connectivity index (χ0n) is 37.0. The van der Waals surface area contributed by atoms with Crippen LogP contribution in [0.25, 0.3) is 88.4 Å². The first-order valence-electron chi connectivity index (χ1n) is 23.1. The smallest absolute Gasteiger partial charge is 0.159 e. The highest BCUT2D eigenvalue weighted by Crippen LogP contribution is 2.52. The summed E-state index contributed by atoms with van der Waals surface area (Å²) in [6.07, 6.45) is 9.09. The maximum Gasteiger partial charge on any atom is 0.159 e. The molecule has 3 nitrogen and oxygen atoms in total. The average molecular weight is 847 g/mol. The highest BCUT2D eigenvalue weighted by molar-refractivity contribution is 6.13. The quantitative estimate of drug-likeness (QED) is 0.159. The van der Waals surface area contributed by atoms with E-state index in [9.17, 15) is 0 Å². The fourth-order valence-electron chi connectivity index (χ4n) is 10.9. The van der Waals surface area contributed by atoms with E-state index in [0.29, 0.717) is 0 Å². The van der Waals surface area contributed by atoms with Gasteiger partial charge in [-0.25, -0.2) is 0 Å². The molecule has 0 saturated heterocycles. The van der Waals surface area contributed by atoms with Gasteiger partial charge < -0.3 is 13.9 Å². The summed E-state index contributed by atoms with van der Waals surface area (Å²) in [6.45, 7) is 4.78. The molecule has 0 saturated carbocycles. The molecular weight excluding hydrogens is 801 g/mol. The molecule has 2 aliphatic carbocycles. The van der Waals surface area contributed by atoms with Crippen molar-refractivity contribution in [1.29, 1.82) is 0 Å². The van der Waals surface area contributed by atoms with Crippen molar-refractivity contribution in [2.45, 2.75) is 32.1 Å². The van der Waals surface area contributed by atoms with Gasteiger partial charge in [0.15, 0.2) is 5.58 Å². The largest absolute Gasteiger partial charge is 0.454 e. The van der Waals surface area contributed by atoms with Gasteiger partial charge in [-0.15, -0.1) is 0 Å². The van der Waals surface area contributed by atoms with Gasteiger partial charge in [-0.3, -0.25) is 0 Å². The Hall–Kier alpha value is -8.14. The van der Waals surface area contributed by atoms with Gasteiger partial charge in [-0.05, 0) is 141 Å². The number of rotatable bonds is 7. The summed E-state index contributed by atoms with van der Waals surface area (Å²) < 4.78 is 8.94. The SMILES string of the molecule is CC1(C)c2cc(-c3ccc4c(c3)c3ccccc3n4-c3cccc4c3oc3ccccc34)ccc2-c2ccc(N(c3ccc(C4=CCCC=C4)cc3)c3ccc(-c4ccccc4)cc3)cc21. The number of anilines is 3. The number of aromatic nitrogens is 1. The lowest BCUT2D eigenvalue weighted by molar-refractivity contribution is 0.660. The van der Waals surface area contributed by atoms with Gasteiger partial charge in [-0.2, -0.15) is 0 Å². The van der Waals surface area contributed by atoms with Crippen LogP contribution in [0, 0.1) is 0 Å². The van der Waals surface area contributed by atoms with E-state index in [1.165, 1.54) is 66.4 Å². The third-order valence-electron chi connectivity index (χ3n) is 14.2. The normalized spacial score (nSPS) is 13.9. The Bertz CT molecular complexity index is 3770. The van der Waals surface area contributed by atoms with Gasteiger partial charge >= 0.3 is 0 Å². The van der Waals surface area contributed by atoms with Crippen molar-refractivity contribution < 1.29 is 4.42 Å². The number of para-hydroxylation sites is 3. The van der Waals surface area contributed by atoms with E-state index >= 15 is 0 Å². The summed E-state index contributed by atoms with van der Waals surface area (Å²) in [6, 6.07) is 73.4. The molecule has 3 heteroatoms. The Labute approximate surface area is 384 Å². The van der Waals surface area contributed by atoms with Crippen LogP contribution in [0.3, 0.4) is 0 Å². The summed E-state index contributed by atoms with van der Waals surface area (Å²) in [5.41, 5.74) is 21.0. The Morgan fingerprint density at radius 3 is 1.85 bits per heavy atom. The Kier molecular flexibility index (Phi) is 8.69. The molecule has 0 aliphatic heterocycles. The van der Waals surface area contributed by atoms with E-state index in [0.717, 1.165) is 68.6 Å². The van der Waals surface area contributed by atoms with Crippen molar-refractivity contribution >= 4 is 66.4 Å². The second-order valence-electron chi connectivity index (χ2n) is 18.4. The molecular formula is C63H46N2O. The van der Waals surface area contributed by atoms with Crippen LogP contribution in [-0.2, 0) is 5.41 Å². The van der Waals surface area contributed by atoms with E-state index < -0.39 is 0 Å². The van der Waals surface area contributed by atoms with Gasteiger partial charge in [0.2, 0.25) is 0 Å². The molecule has 0 radical (unpaired) electrons. The molecule has 0 amide bonds. The summed E-state index contributed by atoms with van der Waals surface area (Å²) in [4.78, 5) is 2.41. The maximum absolute atomic E-state index is 6.57. The summed E-state index contributed by atoms with van der Waals surface area (Å²) >= 11 is 0. The standard InChI is InChI=1S/C63H46N2O/c1-63(2)56-39-46(45-29-37-59-55(38-45)52-18-9-11-21-58(52)65(59)60-22-13-20-54-53-19-10-12-23-61(53)66-62(54)60)28-35-50(56)51-36-34-49(40-57(51)63)64(47-30-24-43(25-31-47)41-14-5-3-6-15-41)48-32-26-44(27-33-48)42-16-7-4-8-17-42/h3,5-7,9-40H,4,8H2,1-2H3. The third kappa shape index (κ3) is 6.04. The van der Waals surface area contributed by atoms with E-state index in [2.05, 4.69) is 236 Å². The molecule has 2 heterocycles. The van der Waals surface area contributed by atoms with E-state index in [1.807, 2.05) is 6.07 Å². The average Bonchev–Trinajstić information content (AvgIpc) is 4.00. The van der Waals surface area contributed by atoms with Gasteiger partial charge in [-0.1, -0.05) is 159 Å². The zero-order chi connectivity index (χ0) is 43.9. The summed E-state index contributed by atoms with van der Waals surface area (Å²) in [7, 11) is 0. The lowest BCUT2D eigenvalue weighted by atomic mass is 9.81. The second kappa shape index (κ2) is 15.0. The molecule has 2 aromatic heterocycles. The predicted octanol–water partition coefficient (Wildman–Crippen LogP) is 17.5. The fourth-order valence-corrected chi connectivity index (χ4v) is 10.9. The van der Waals surface area contributed by atoms with Crippen LogP contribution in [0.5, 0.6) is 0 Å². The van der Waals surface area contributed by atoms with Crippen LogP contribution in [0.4, 0.5) is 17.1 Å². The minimum absolute atomic E-state index is 0.228. The lowest BCUT2D eigenvalue weighted by Gasteiger charge is -2.28. The van der Waals surface area contributed by atoms with Crippen LogP contribution in [-0.4, -0.2) is 4.57 Å². The second-order valence-corrected chi connectivity index (χ2v) is 18.4. The van der Waals surface area contributed by atoms with Gasteiger partial charge in [0.05, 0.1) is 16.7 Å². The van der Waals surface area contributed by atoms with E-state index in [-0.39, 0.29) is 5.41 Å². The summed E-state index contributed by atoms with van der Waals surface area (Å²) in [5.74, 6) is 0. The number of allylic oxidation sites excluding steroid dienone is 4. The minimum atomic E-state index is -0.228. The van der Waals surface area contributed by atoms with Crippen molar-refractivity contribution in [3.8, 4) is 39.1 Å². The van der Waals surface area contributed by atoms with Crippen molar-refractivity contribution in [2.24, 2.45) is 0 Å². The number of nitrogens with zero attached hydrogens (tertiary/aromatic N) is 2. The van der Waals surface area contributed by atoms with Crippen molar-refractivity contribution in [2.75, 3.05) is 4.90 Å². The monoisotopic (exact) mass is 846 g/mol. The highest BCUT2D eigenvalue weighted by Gasteiger charge is 2.36. The first-order chi connectivity index (χ1) is 32.5. The highest BCUT2D eigenvalue weighted by atomic mass is 16.3.